The van der Waals surface area contributed by atoms with Crippen molar-refractivity contribution in [3.63, 3.8) is 0 Å². The molecule has 10 aromatic rings. The standard InChI is InChI=1S/C44H27NOS/c1-2-8-28(9-3-1)29-14-18-32(19-15-29)45(33-20-23-36-31(26-33)16-22-38-37-12-6-7-13-42(37)47-44(36)38)34-21-25-40-39(27-34)43-35-11-5-4-10-30(35)17-24-41(43)46-40/h1-27H. The zero-order valence-electron chi connectivity index (χ0n) is 25.4. The van der Waals surface area contributed by atoms with E-state index in [4.69, 9.17) is 4.42 Å². The van der Waals surface area contributed by atoms with Gasteiger partial charge in [0, 0.05) is 48.0 Å². The molecule has 0 bridgehead atoms. The molecule has 220 valence electrons. The summed E-state index contributed by atoms with van der Waals surface area (Å²) in [4.78, 5) is 2.37. The Kier molecular flexibility index (Phi) is 5.78. The molecule has 0 aliphatic rings. The van der Waals surface area contributed by atoms with Gasteiger partial charge in [-0.25, -0.2) is 0 Å². The van der Waals surface area contributed by atoms with Gasteiger partial charge in [-0.1, -0.05) is 109 Å². The second-order valence-electron chi connectivity index (χ2n) is 12.1. The Morgan fingerprint density at radius 2 is 1.06 bits per heavy atom. The van der Waals surface area contributed by atoms with E-state index in [1.54, 1.807) is 0 Å². The molecule has 0 aliphatic carbocycles. The second kappa shape index (κ2) is 10.3. The molecule has 0 radical (unpaired) electrons. The number of hydrogen-bond acceptors (Lipinski definition) is 3. The van der Waals surface area contributed by atoms with Crippen LogP contribution in [0.5, 0.6) is 0 Å². The summed E-state index contributed by atoms with van der Waals surface area (Å²) >= 11 is 1.88. The molecule has 0 fully saturated rings. The lowest BCUT2D eigenvalue weighted by molar-refractivity contribution is 0.669. The van der Waals surface area contributed by atoms with Crippen LogP contribution in [-0.4, -0.2) is 0 Å². The third kappa shape index (κ3) is 4.17. The van der Waals surface area contributed by atoms with Gasteiger partial charge < -0.3 is 9.32 Å². The minimum Gasteiger partial charge on any atom is -0.456 e. The first kappa shape index (κ1) is 26.3. The van der Waals surface area contributed by atoms with Crippen molar-refractivity contribution in [1.82, 2.24) is 0 Å². The van der Waals surface area contributed by atoms with Gasteiger partial charge in [0.15, 0.2) is 0 Å². The van der Waals surface area contributed by atoms with Gasteiger partial charge in [-0.2, -0.15) is 0 Å². The Labute approximate surface area is 275 Å². The van der Waals surface area contributed by atoms with Crippen LogP contribution in [0, 0.1) is 0 Å². The SMILES string of the molecule is c1ccc(-c2ccc(N(c3ccc4c(ccc5c6ccccc6sc45)c3)c3ccc4oc5ccc6ccccc6c5c4c3)cc2)cc1. The average Bonchev–Trinajstić information content (AvgIpc) is 3.71. The number of thiophene rings is 1. The first-order valence-electron chi connectivity index (χ1n) is 15.9. The van der Waals surface area contributed by atoms with E-state index < -0.39 is 0 Å². The van der Waals surface area contributed by atoms with Gasteiger partial charge in [-0.3, -0.25) is 0 Å². The molecular weight excluding hydrogens is 591 g/mol. The first-order valence-corrected chi connectivity index (χ1v) is 16.7. The summed E-state index contributed by atoms with van der Waals surface area (Å²) in [6.07, 6.45) is 0. The van der Waals surface area contributed by atoms with Crippen molar-refractivity contribution in [3.8, 4) is 11.1 Å². The van der Waals surface area contributed by atoms with Gasteiger partial charge in [0.05, 0.1) is 0 Å². The van der Waals surface area contributed by atoms with Gasteiger partial charge >= 0.3 is 0 Å². The highest BCUT2D eigenvalue weighted by Gasteiger charge is 2.18. The summed E-state index contributed by atoms with van der Waals surface area (Å²) in [5.74, 6) is 0. The summed E-state index contributed by atoms with van der Waals surface area (Å²) in [5.41, 5.74) is 7.51. The predicted molar refractivity (Wildman–Crippen MR) is 202 cm³/mol. The molecule has 10 rings (SSSR count). The van der Waals surface area contributed by atoms with Crippen molar-refractivity contribution in [2.45, 2.75) is 0 Å². The fourth-order valence-corrected chi connectivity index (χ4v) is 8.43. The topological polar surface area (TPSA) is 16.4 Å². The van der Waals surface area contributed by atoms with Crippen molar-refractivity contribution < 1.29 is 4.42 Å². The van der Waals surface area contributed by atoms with E-state index in [9.17, 15) is 0 Å². The zero-order chi connectivity index (χ0) is 30.9. The van der Waals surface area contributed by atoms with E-state index in [1.165, 1.54) is 52.8 Å². The van der Waals surface area contributed by atoms with Gasteiger partial charge in [0.1, 0.15) is 11.2 Å². The highest BCUT2D eigenvalue weighted by molar-refractivity contribution is 7.26. The second-order valence-corrected chi connectivity index (χ2v) is 13.2. The van der Waals surface area contributed by atoms with E-state index in [-0.39, 0.29) is 0 Å². The van der Waals surface area contributed by atoms with Crippen LogP contribution in [0.25, 0.3) is 74.8 Å². The highest BCUT2D eigenvalue weighted by atomic mass is 32.1. The number of rotatable bonds is 4. The quantitative estimate of drug-likeness (QED) is 0.195. The minimum absolute atomic E-state index is 0.894. The maximum absolute atomic E-state index is 6.38. The third-order valence-corrected chi connectivity index (χ3v) is 10.7. The number of fused-ring (bicyclic) bond motifs is 10. The molecule has 0 N–H and O–H groups in total. The fraction of sp³-hybridized carbons (Fsp3) is 0. The largest absolute Gasteiger partial charge is 0.456 e. The molecule has 0 spiro atoms. The Morgan fingerprint density at radius 3 is 1.96 bits per heavy atom. The van der Waals surface area contributed by atoms with Crippen LogP contribution in [-0.2, 0) is 0 Å². The maximum Gasteiger partial charge on any atom is 0.136 e. The van der Waals surface area contributed by atoms with E-state index in [2.05, 4.69) is 169 Å². The van der Waals surface area contributed by atoms with Crippen molar-refractivity contribution in [3.05, 3.63) is 164 Å². The molecule has 0 saturated heterocycles. The molecular formula is C44H27NOS. The summed E-state index contributed by atoms with van der Waals surface area (Å²) in [6.45, 7) is 0. The Hall–Kier alpha value is -5.90. The van der Waals surface area contributed by atoms with Crippen molar-refractivity contribution in [2.24, 2.45) is 0 Å². The van der Waals surface area contributed by atoms with Gasteiger partial charge in [-0.05, 0) is 87.3 Å². The van der Waals surface area contributed by atoms with Crippen LogP contribution < -0.4 is 4.90 Å². The van der Waals surface area contributed by atoms with Crippen LogP contribution in [0.15, 0.2) is 168 Å². The zero-order valence-corrected chi connectivity index (χ0v) is 26.2. The molecule has 2 heterocycles. The van der Waals surface area contributed by atoms with Crippen LogP contribution in [0.3, 0.4) is 0 Å². The molecule has 47 heavy (non-hydrogen) atoms. The number of nitrogens with zero attached hydrogens (tertiary/aromatic N) is 1. The average molecular weight is 618 g/mol. The smallest absolute Gasteiger partial charge is 0.136 e. The lowest BCUT2D eigenvalue weighted by Crippen LogP contribution is -2.09. The molecule has 8 aromatic carbocycles. The molecule has 2 nitrogen and oxygen atoms in total. The Morgan fingerprint density at radius 1 is 0.404 bits per heavy atom. The number of hydrogen-bond donors (Lipinski definition) is 0. The molecule has 2 aromatic heterocycles. The summed E-state index contributed by atoms with van der Waals surface area (Å²) < 4.78 is 9.04. The van der Waals surface area contributed by atoms with Crippen LogP contribution in [0.2, 0.25) is 0 Å². The van der Waals surface area contributed by atoms with Gasteiger partial charge in [0.25, 0.3) is 0 Å². The molecule has 0 amide bonds. The van der Waals surface area contributed by atoms with E-state index >= 15 is 0 Å². The summed E-state index contributed by atoms with van der Waals surface area (Å²) in [5, 5.41) is 9.86. The first-order chi connectivity index (χ1) is 23.3. The van der Waals surface area contributed by atoms with Crippen LogP contribution >= 0.6 is 11.3 Å². The van der Waals surface area contributed by atoms with Crippen molar-refractivity contribution in [2.75, 3.05) is 4.90 Å². The van der Waals surface area contributed by atoms with Crippen LogP contribution in [0.1, 0.15) is 0 Å². The lowest BCUT2D eigenvalue weighted by Gasteiger charge is -2.26. The molecule has 0 atom stereocenters. The number of benzene rings is 8. The van der Waals surface area contributed by atoms with Crippen LogP contribution in [0.4, 0.5) is 17.1 Å². The molecule has 0 unspecified atom stereocenters. The van der Waals surface area contributed by atoms with Crippen molar-refractivity contribution >= 4 is 92.1 Å². The molecule has 0 aliphatic heterocycles. The highest BCUT2D eigenvalue weighted by Crippen LogP contribution is 2.43. The Bertz CT molecular complexity index is 2790. The predicted octanol–water partition coefficient (Wildman–Crippen LogP) is 13.4. The Balaban J connectivity index is 1.18. The number of anilines is 3. The monoisotopic (exact) mass is 617 g/mol. The normalized spacial score (nSPS) is 11.8. The third-order valence-electron chi connectivity index (χ3n) is 9.44. The van der Waals surface area contributed by atoms with Gasteiger partial charge in [-0.15, -0.1) is 11.3 Å². The number of furan rings is 1. The molecule has 0 saturated carbocycles. The van der Waals surface area contributed by atoms with Gasteiger partial charge in [0.2, 0.25) is 0 Å². The van der Waals surface area contributed by atoms with E-state index in [0.29, 0.717) is 0 Å². The lowest BCUT2D eigenvalue weighted by atomic mass is 10.0. The summed E-state index contributed by atoms with van der Waals surface area (Å²) in [7, 11) is 0. The maximum atomic E-state index is 6.38. The van der Waals surface area contributed by atoms with E-state index in [1.807, 2.05) is 11.3 Å². The molecule has 3 heteroatoms. The summed E-state index contributed by atoms with van der Waals surface area (Å²) in [6, 6.07) is 59.0. The minimum atomic E-state index is 0.894. The van der Waals surface area contributed by atoms with Crippen molar-refractivity contribution in [1.29, 1.82) is 0 Å². The van der Waals surface area contributed by atoms with E-state index in [0.717, 1.165) is 39.0 Å². The fourth-order valence-electron chi connectivity index (χ4n) is 7.19.